The van der Waals surface area contributed by atoms with Crippen LogP contribution in [-0.2, 0) is 6.42 Å². The third-order valence-electron chi connectivity index (χ3n) is 3.91. The van der Waals surface area contributed by atoms with Crippen LogP contribution in [-0.4, -0.2) is 28.4 Å². The van der Waals surface area contributed by atoms with Crippen molar-refractivity contribution in [1.29, 1.82) is 0 Å². The third-order valence-corrected chi connectivity index (χ3v) is 4.29. The maximum atomic E-state index is 9.92. The van der Waals surface area contributed by atoms with E-state index in [1.54, 1.807) is 18.2 Å². The molecule has 0 bridgehead atoms. The molecule has 0 fully saturated rings. The first-order chi connectivity index (χ1) is 10.1. The molecule has 118 valence electrons. The zero-order chi connectivity index (χ0) is 15.0. The van der Waals surface area contributed by atoms with Crippen LogP contribution in [0.3, 0.4) is 0 Å². The van der Waals surface area contributed by atoms with Gasteiger partial charge in [-0.3, -0.25) is 0 Å². The number of aromatic hydroxyl groups is 3. The number of phenolic OH excluding ortho intramolecular Hbond substituents is 3. The van der Waals surface area contributed by atoms with E-state index in [9.17, 15) is 15.3 Å². The van der Waals surface area contributed by atoms with Crippen LogP contribution in [0.2, 0.25) is 5.02 Å². The minimum atomic E-state index is -0.277. The summed E-state index contributed by atoms with van der Waals surface area (Å²) >= 11 is 6.28. The molecular formula is C16H17BrClNO3. The van der Waals surface area contributed by atoms with Crippen LogP contribution in [0.5, 0.6) is 17.2 Å². The van der Waals surface area contributed by atoms with E-state index < -0.39 is 0 Å². The summed E-state index contributed by atoms with van der Waals surface area (Å²) in [4.78, 5) is 0. The van der Waals surface area contributed by atoms with Gasteiger partial charge in [-0.05, 0) is 47.9 Å². The summed E-state index contributed by atoms with van der Waals surface area (Å²) in [6.45, 7) is 1.46. The number of nitrogens with one attached hydrogen (secondary N) is 1. The molecule has 1 unspecified atom stereocenters. The molecule has 3 rings (SSSR count). The van der Waals surface area contributed by atoms with E-state index in [-0.39, 0.29) is 45.2 Å². The van der Waals surface area contributed by atoms with Gasteiger partial charge in [0.15, 0.2) is 11.5 Å². The molecule has 0 amide bonds. The predicted octanol–water partition coefficient (Wildman–Crippen LogP) is 3.31. The molecule has 0 aliphatic carbocycles. The van der Waals surface area contributed by atoms with Gasteiger partial charge in [0.25, 0.3) is 0 Å². The molecule has 1 aliphatic heterocycles. The normalized spacial score (nSPS) is 17.2. The maximum Gasteiger partial charge on any atom is 0.176 e. The summed E-state index contributed by atoms with van der Waals surface area (Å²) < 4.78 is 0. The molecule has 1 heterocycles. The Bertz CT molecular complexity index is 676. The van der Waals surface area contributed by atoms with E-state index in [0.29, 0.717) is 6.54 Å². The summed E-state index contributed by atoms with van der Waals surface area (Å²) in [6.07, 6.45) is 0.734. The molecule has 2 aromatic carbocycles. The zero-order valence-corrected chi connectivity index (χ0v) is 14.2. The second-order valence-electron chi connectivity index (χ2n) is 5.23. The summed E-state index contributed by atoms with van der Waals surface area (Å²) in [6, 6.07) is 8.53. The summed E-state index contributed by atoms with van der Waals surface area (Å²) in [5, 5.41) is 32.6. The van der Waals surface area contributed by atoms with Crippen molar-refractivity contribution < 1.29 is 15.3 Å². The average Bonchev–Trinajstić information content (AvgIpc) is 2.68. The molecule has 1 aliphatic rings. The van der Waals surface area contributed by atoms with Crippen LogP contribution in [0.25, 0.3) is 0 Å². The van der Waals surface area contributed by atoms with Crippen molar-refractivity contribution in [2.24, 2.45) is 0 Å². The quantitative estimate of drug-likeness (QED) is 0.567. The Kier molecular flexibility index (Phi) is 5.21. The van der Waals surface area contributed by atoms with Gasteiger partial charge in [0.05, 0.1) is 5.02 Å². The van der Waals surface area contributed by atoms with Crippen molar-refractivity contribution >= 4 is 28.6 Å². The maximum absolute atomic E-state index is 9.92. The molecule has 4 nitrogen and oxygen atoms in total. The minimum Gasteiger partial charge on any atom is -0.508 e. The highest BCUT2D eigenvalue weighted by Gasteiger charge is 2.26. The fourth-order valence-corrected chi connectivity index (χ4v) is 3.19. The number of fused-ring (bicyclic) bond motifs is 1. The molecular weight excluding hydrogens is 370 g/mol. The lowest BCUT2D eigenvalue weighted by Crippen LogP contribution is -2.21. The van der Waals surface area contributed by atoms with Crippen LogP contribution in [0.15, 0.2) is 30.3 Å². The van der Waals surface area contributed by atoms with E-state index in [1.807, 2.05) is 12.1 Å². The van der Waals surface area contributed by atoms with Crippen molar-refractivity contribution in [3.05, 3.63) is 52.0 Å². The Morgan fingerprint density at radius 1 is 1.09 bits per heavy atom. The standard InChI is InChI=1S/C16H16ClNO3.BrH/c17-15-14-10(7-13(20)16(15)21)5-6-18-8-12(14)9-1-3-11(19)4-2-9;/h1-4,7,12,18-21H,5-6,8H2;1H. The van der Waals surface area contributed by atoms with E-state index in [4.69, 9.17) is 11.6 Å². The van der Waals surface area contributed by atoms with E-state index in [1.165, 1.54) is 0 Å². The van der Waals surface area contributed by atoms with Gasteiger partial charge < -0.3 is 20.6 Å². The van der Waals surface area contributed by atoms with Gasteiger partial charge in [0.2, 0.25) is 0 Å². The lowest BCUT2D eigenvalue weighted by atomic mass is 9.87. The molecule has 0 radical (unpaired) electrons. The highest BCUT2D eigenvalue weighted by molar-refractivity contribution is 8.93. The molecule has 6 heteroatoms. The fourth-order valence-electron chi connectivity index (χ4n) is 2.84. The van der Waals surface area contributed by atoms with Gasteiger partial charge in [-0.1, -0.05) is 23.7 Å². The second kappa shape index (κ2) is 6.77. The van der Waals surface area contributed by atoms with Crippen molar-refractivity contribution in [1.82, 2.24) is 5.32 Å². The van der Waals surface area contributed by atoms with Gasteiger partial charge in [-0.25, -0.2) is 0 Å². The van der Waals surface area contributed by atoms with Gasteiger partial charge in [0, 0.05) is 12.5 Å². The fraction of sp³-hybridized carbons (Fsp3) is 0.250. The Hall–Kier alpha value is -1.43. The van der Waals surface area contributed by atoms with E-state index >= 15 is 0 Å². The van der Waals surface area contributed by atoms with Crippen molar-refractivity contribution in [2.75, 3.05) is 13.1 Å². The smallest absolute Gasteiger partial charge is 0.176 e. The first kappa shape index (κ1) is 16.9. The van der Waals surface area contributed by atoms with Crippen LogP contribution in [0.1, 0.15) is 22.6 Å². The van der Waals surface area contributed by atoms with Crippen molar-refractivity contribution in [3.63, 3.8) is 0 Å². The van der Waals surface area contributed by atoms with Crippen LogP contribution >= 0.6 is 28.6 Å². The summed E-state index contributed by atoms with van der Waals surface area (Å²) in [5.74, 6) is -0.298. The molecule has 0 saturated carbocycles. The summed E-state index contributed by atoms with van der Waals surface area (Å²) in [7, 11) is 0. The van der Waals surface area contributed by atoms with Gasteiger partial charge in [0.1, 0.15) is 5.75 Å². The molecule has 1 atom stereocenters. The number of phenols is 3. The van der Waals surface area contributed by atoms with E-state index in [2.05, 4.69) is 5.32 Å². The molecule has 2 aromatic rings. The number of halogens is 2. The molecule has 0 aromatic heterocycles. The van der Waals surface area contributed by atoms with Crippen LogP contribution in [0.4, 0.5) is 0 Å². The van der Waals surface area contributed by atoms with Crippen LogP contribution < -0.4 is 5.32 Å². The van der Waals surface area contributed by atoms with Crippen molar-refractivity contribution in [2.45, 2.75) is 12.3 Å². The summed E-state index contributed by atoms with van der Waals surface area (Å²) in [5.41, 5.74) is 2.76. The van der Waals surface area contributed by atoms with Crippen LogP contribution in [0, 0.1) is 0 Å². The Labute approximate surface area is 144 Å². The highest BCUT2D eigenvalue weighted by atomic mass is 79.9. The number of hydrogen-bond acceptors (Lipinski definition) is 4. The molecule has 0 saturated heterocycles. The van der Waals surface area contributed by atoms with E-state index in [0.717, 1.165) is 29.7 Å². The Morgan fingerprint density at radius 3 is 2.45 bits per heavy atom. The topological polar surface area (TPSA) is 72.7 Å². The van der Waals surface area contributed by atoms with Gasteiger partial charge in [-0.2, -0.15) is 0 Å². The number of hydrogen-bond donors (Lipinski definition) is 4. The Morgan fingerprint density at radius 2 is 1.77 bits per heavy atom. The first-order valence-electron chi connectivity index (χ1n) is 6.80. The Balaban J connectivity index is 0.00000176. The first-order valence-corrected chi connectivity index (χ1v) is 7.18. The number of benzene rings is 2. The molecule has 4 N–H and O–H groups in total. The van der Waals surface area contributed by atoms with Gasteiger partial charge in [-0.15, -0.1) is 17.0 Å². The largest absolute Gasteiger partial charge is 0.508 e. The minimum absolute atomic E-state index is 0. The zero-order valence-electron chi connectivity index (χ0n) is 11.7. The number of rotatable bonds is 1. The lowest BCUT2D eigenvalue weighted by Gasteiger charge is -2.20. The van der Waals surface area contributed by atoms with Crippen molar-refractivity contribution in [3.8, 4) is 17.2 Å². The molecule has 22 heavy (non-hydrogen) atoms. The monoisotopic (exact) mass is 385 g/mol. The predicted molar refractivity (Wildman–Crippen MR) is 91.6 cm³/mol. The lowest BCUT2D eigenvalue weighted by molar-refractivity contribution is 0.402. The SMILES string of the molecule is Br.Oc1ccc(C2CNCCc3cc(O)c(O)c(Cl)c32)cc1. The molecule has 0 spiro atoms. The second-order valence-corrected chi connectivity index (χ2v) is 5.61. The highest BCUT2D eigenvalue weighted by Crippen LogP contribution is 2.43. The average molecular weight is 387 g/mol. The van der Waals surface area contributed by atoms with Gasteiger partial charge >= 0.3 is 0 Å². The third kappa shape index (κ3) is 3.02.